The predicted molar refractivity (Wildman–Crippen MR) is 197 cm³/mol. The minimum absolute atomic E-state index is 0.0184. The van der Waals surface area contributed by atoms with Gasteiger partial charge in [-0.2, -0.15) is 0 Å². The molecule has 0 aromatic rings. The first-order valence-electron chi connectivity index (χ1n) is 19.3. The van der Waals surface area contributed by atoms with E-state index in [-0.39, 0.29) is 37.1 Å². The number of rotatable bonds is 32. The second kappa shape index (κ2) is 29.5. The fraction of sp³-hybridized carbons (Fsp3) is 0.769. The lowest BCUT2D eigenvalue weighted by Crippen LogP contribution is -2.29. The monoisotopic (exact) mass is 726 g/mol. The van der Waals surface area contributed by atoms with Crippen LogP contribution in [-0.4, -0.2) is 58.0 Å². The molecule has 288 valence electrons. The van der Waals surface area contributed by atoms with E-state index in [4.69, 9.17) is 19.3 Å². The number of carbonyl (C=O) groups excluding carboxylic acids is 3. The highest BCUT2D eigenvalue weighted by Gasteiger charge is 2.27. The molecule has 0 saturated carbocycles. The maximum absolute atomic E-state index is 12.5. The number of aliphatic hydroxyl groups excluding tert-OH is 1. The Hall–Kier alpha value is -2.10. The zero-order valence-electron chi connectivity index (χ0n) is 30.9. The molecule has 11 heteroatoms. The molecule has 50 heavy (non-hydrogen) atoms. The molecule has 3 N–H and O–H groups in total. The highest BCUT2D eigenvalue weighted by atomic mass is 31.2. The maximum Gasteiger partial charge on any atom is 0.469 e. The summed E-state index contributed by atoms with van der Waals surface area (Å²) in [7, 11) is -4.80. The van der Waals surface area contributed by atoms with Gasteiger partial charge in [0.25, 0.3) is 0 Å². The van der Waals surface area contributed by atoms with Gasteiger partial charge in [-0.3, -0.25) is 18.9 Å². The fourth-order valence-corrected chi connectivity index (χ4v) is 6.25. The van der Waals surface area contributed by atoms with Gasteiger partial charge in [0.15, 0.2) is 11.9 Å². The summed E-state index contributed by atoms with van der Waals surface area (Å²) in [4.78, 5) is 55.2. The van der Waals surface area contributed by atoms with Gasteiger partial charge in [-0.1, -0.05) is 141 Å². The molecule has 0 aromatic carbocycles. The van der Waals surface area contributed by atoms with Crippen LogP contribution in [0.15, 0.2) is 36.5 Å². The number of unbranched alkanes of at least 4 members (excludes halogenated alkanes) is 15. The molecule has 0 aliphatic heterocycles. The largest absolute Gasteiger partial charge is 0.469 e. The summed E-state index contributed by atoms with van der Waals surface area (Å²) in [6.45, 7) is 3.40. The smallest absolute Gasteiger partial charge is 0.462 e. The Morgan fingerprint density at radius 2 is 1.38 bits per heavy atom. The molecule has 0 spiro atoms. The van der Waals surface area contributed by atoms with Gasteiger partial charge >= 0.3 is 19.8 Å². The van der Waals surface area contributed by atoms with E-state index in [9.17, 15) is 24.1 Å². The van der Waals surface area contributed by atoms with Gasteiger partial charge in [0.2, 0.25) is 0 Å². The highest BCUT2D eigenvalue weighted by Crippen LogP contribution is 2.36. The molecule has 4 atom stereocenters. The zero-order valence-corrected chi connectivity index (χ0v) is 31.8. The van der Waals surface area contributed by atoms with Crippen LogP contribution in [0.1, 0.15) is 155 Å². The predicted octanol–water partition coefficient (Wildman–Crippen LogP) is 9.02. The summed E-state index contributed by atoms with van der Waals surface area (Å²) < 4.78 is 26.3. The topological polar surface area (TPSA) is 157 Å². The zero-order chi connectivity index (χ0) is 36.9. The minimum Gasteiger partial charge on any atom is -0.462 e. The third kappa shape index (κ3) is 25.8. The van der Waals surface area contributed by atoms with Crippen molar-refractivity contribution in [1.29, 1.82) is 0 Å². The molecule has 0 bridgehead atoms. The highest BCUT2D eigenvalue weighted by molar-refractivity contribution is 7.46. The van der Waals surface area contributed by atoms with E-state index in [0.717, 1.165) is 38.5 Å². The lowest BCUT2D eigenvalue weighted by molar-refractivity contribution is -0.161. The summed E-state index contributed by atoms with van der Waals surface area (Å²) in [6, 6.07) is 0. The molecule has 0 amide bonds. The van der Waals surface area contributed by atoms with Gasteiger partial charge < -0.3 is 24.4 Å². The van der Waals surface area contributed by atoms with Crippen molar-refractivity contribution in [2.75, 3.05) is 13.2 Å². The number of ketones is 1. The first-order chi connectivity index (χ1) is 24.1. The van der Waals surface area contributed by atoms with Gasteiger partial charge in [0, 0.05) is 18.8 Å². The van der Waals surface area contributed by atoms with Gasteiger partial charge in [-0.15, -0.1) is 0 Å². The number of allylic oxidation sites excluding steroid dienone is 5. The first-order valence-corrected chi connectivity index (χ1v) is 20.9. The van der Waals surface area contributed by atoms with Crippen molar-refractivity contribution >= 4 is 25.5 Å². The molecule has 0 saturated heterocycles. The quantitative estimate of drug-likeness (QED) is 0.0265. The molecular weight excluding hydrogens is 659 g/mol. The lowest BCUT2D eigenvalue weighted by Gasteiger charge is -2.18. The molecule has 1 aliphatic carbocycles. The van der Waals surface area contributed by atoms with Crippen LogP contribution in [0.5, 0.6) is 0 Å². The Kier molecular flexibility index (Phi) is 27.1. The summed E-state index contributed by atoms with van der Waals surface area (Å²) in [5.74, 6) is -1.27. The summed E-state index contributed by atoms with van der Waals surface area (Å²) in [6.07, 6.45) is 30.7. The summed E-state index contributed by atoms with van der Waals surface area (Å²) in [5.41, 5.74) is 0. The fourth-order valence-electron chi connectivity index (χ4n) is 5.89. The van der Waals surface area contributed by atoms with Crippen LogP contribution >= 0.6 is 7.82 Å². The SMILES string of the molecule is CCCCCCCCCCCCCCCC(=O)OC[C@H](COP(=O)(O)O)OC(=O)CCC/C=C\C[C@H]1C=CC(=O)[C@@H]1/C=C/[C@@H](O)CCCCC. The number of carbonyl (C=O) groups is 3. The van der Waals surface area contributed by atoms with Crippen LogP contribution in [0.4, 0.5) is 0 Å². The van der Waals surface area contributed by atoms with Crippen LogP contribution < -0.4 is 0 Å². The van der Waals surface area contributed by atoms with Crippen molar-refractivity contribution in [2.45, 2.75) is 167 Å². The number of hydrogen-bond acceptors (Lipinski definition) is 8. The van der Waals surface area contributed by atoms with Crippen LogP contribution in [0.3, 0.4) is 0 Å². The number of aliphatic hydroxyl groups is 1. The van der Waals surface area contributed by atoms with Gasteiger partial charge in [-0.05, 0) is 44.1 Å². The maximum atomic E-state index is 12.5. The van der Waals surface area contributed by atoms with E-state index in [1.807, 2.05) is 24.3 Å². The Morgan fingerprint density at radius 1 is 0.800 bits per heavy atom. The molecular formula is C39H67O10P. The second-order valence-corrected chi connectivity index (χ2v) is 14.8. The Morgan fingerprint density at radius 3 is 2.00 bits per heavy atom. The summed E-state index contributed by atoms with van der Waals surface area (Å²) in [5, 5.41) is 10.2. The van der Waals surface area contributed by atoms with E-state index in [0.29, 0.717) is 32.1 Å². The van der Waals surface area contributed by atoms with E-state index in [1.165, 1.54) is 57.8 Å². The number of phosphoric acid groups is 1. The van der Waals surface area contributed by atoms with Crippen molar-refractivity contribution in [1.82, 2.24) is 0 Å². The molecule has 0 radical (unpaired) electrons. The number of ether oxygens (including phenoxy) is 2. The van der Waals surface area contributed by atoms with Gasteiger partial charge in [0.1, 0.15) is 6.61 Å². The molecule has 0 fully saturated rings. The standard InChI is InChI=1S/C39H67O10P/c1-3-5-7-8-9-10-11-12-13-14-15-16-21-25-38(42)47-31-35(32-48-50(44,45)46)49-39(43)26-22-18-17-20-23-33-27-30-37(41)36(33)29-28-34(40)24-19-6-4-2/h17,20,27-30,33-36,40H,3-16,18-19,21-26,31-32H2,1-2H3,(H2,44,45,46)/b20-17-,29-28+/t33-,34-,35+,36+/m0/s1. The molecule has 0 aromatic heterocycles. The van der Waals surface area contributed by atoms with E-state index in [1.54, 1.807) is 12.2 Å². The summed E-state index contributed by atoms with van der Waals surface area (Å²) >= 11 is 0. The average Bonchev–Trinajstić information content (AvgIpc) is 3.43. The van der Waals surface area contributed by atoms with Crippen LogP contribution in [-0.2, 0) is 32.9 Å². The third-order valence-electron chi connectivity index (χ3n) is 8.91. The van der Waals surface area contributed by atoms with Crippen molar-refractivity contribution in [3.8, 4) is 0 Å². The number of esters is 2. The average molecular weight is 727 g/mol. The molecule has 1 rings (SSSR count). The normalized spacial score (nSPS) is 17.6. The lowest BCUT2D eigenvalue weighted by atomic mass is 9.90. The second-order valence-electron chi connectivity index (χ2n) is 13.6. The molecule has 0 unspecified atom stereocenters. The van der Waals surface area contributed by atoms with Crippen molar-refractivity contribution in [3.05, 3.63) is 36.5 Å². The van der Waals surface area contributed by atoms with Crippen LogP contribution in [0.25, 0.3) is 0 Å². The van der Waals surface area contributed by atoms with Gasteiger partial charge in [0.05, 0.1) is 12.7 Å². The van der Waals surface area contributed by atoms with E-state index in [2.05, 4.69) is 18.4 Å². The van der Waals surface area contributed by atoms with Crippen molar-refractivity contribution in [3.63, 3.8) is 0 Å². The van der Waals surface area contributed by atoms with Crippen LogP contribution in [0.2, 0.25) is 0 Å². The number of hydrogen-bond donors (Lipinski definition) is 3. The Labute approximate surface area is 301 Å². The van der Waals surface area contributed by atoms with Crippen molar-refractivity contribution in [2.24, 2.45) is 11.8 Å². The molecule has 1 aliphatic rings. The molecule has 10 nitrogen and oxygen atoms in total. The Balaban J connectivity index is 2.30. The Bertz CT molecular complexity index is 1050. The minimum atomic E-state index is -4.80. The molecule has 0 heterocycles. The van der Waals surface area contributed by atoms with Crippen LogP contribution in [0, 0.1) is 11.8 Å². The van der Waals surface area contributed by atoms with E-state index < -0.39 is 38.6 Å². The number of phosphoric ester groups is 1. The van der Waals surface area contributed by atoms with Gasteiger partial charge in [-0.25, -0.2) is 4.57 Å². The first kappa shape index (κ1) is 45.9. The third-order valence-corrected chi connectivity index (χ3v) is 9.39. The van der Waals surface area contributed by atoms with E-state index >= 15 is 0 Å². The van der Waals surface area contributed by atoms with Crippen molar-refractivity contribution < 1.29 is 47.8 Å².